The molecule has 0 saturated carbocycles. The summed E-state index contributed by atoms with van der Waals surface area (Å²) in [6.45, 7) is 1.64. The van der Waals surface area contributed by atoms with E-state index in [-0.39, 0.29) is 18.5 Å². The number of para-hydroxylation sites is 1. The minimum atomic E-state index is -0.434. The first-order chi connectivity index (χ1) is 10.9. The highest BCUT2D eigenvalue weighted by Crippen LogP contribution is 2.28. The summed E-state index contributed by atoms with van der Waals surface area (Å²) in [6.07, 6.45) is 0. The standard InChI is InChI=1S/C16H19N3O4/c1-11(12-6-4-5-7-13(12)23-3)18(2)16(22)10-19-15(21)9-8-14(20)17-19/h4-9,11H,10H2,1-3H3,(H,17,20)/t11-/m0/s1. The zero-order valence-corrected chi connectivity index (χ0v) is 13.3. The molecule has 0 spiro atoms. The van der Waals surface area contributed by atoms with Crippen LogP contribution in [0.1, 0.15) is 18.5 Å². The van der Waals surface area contributed by atoms with E-state index < -0.39 is 11.1 Å². The first-order valence-corrected chi connectivity index (χ1v) is 7.12. The molecule has 7 heteroatoms. The number of aromatic nitrogens is 2. The average molecular weight is 317 g/mol. The molecule has 2 aromatic rings. The van der Waals surface area contributed by atoms with Crippen molar-refractivity contribution in [2.75, 3.05) is 14.2 Å². The van der Waals surface area contributed by atoms with E-state index in [4.69, 9.17) is 4.74 Å². The SMILES string of the molecule is COc1ccccc1[C@H](C)N(C)C(=O)Cn1[nH]c(=O)ccc1=O. The maximum atomic E-state index is 12.4. The molecular weight excluding hydrogens is 298 g/mol. The Balaban J connectivity index is 2.20. The van der Waals surface area contributed by atoms with Crippen LogP contribution in [0.4, 0.5) is 0 Å². The third-order valence-corrected chi connectivity index (χ3v) is 3.75. The highest BCUT2D eigenvalue weighted by Gasteiger charge is 2.20. The number of nitrogens with one attached hydrogen (secondary N) is 1. The van der Waals surface area contributed by atoms with Crippen molar-refractivity contribution in [2.45, 2.75) is 19.5 Å². The van der Waals surface area contributed by atoms with Crippen molar-refractivity contribution in [3.63, 3.8) is 0 Å². The van der Waals surface area contributed by atoms with Crippen molar-refractivity contribution in [1.82, 2.24) is 14.7 Å². The topological polar surface area (TPSA) is 84.4 Å². The van der Waals surface area contributed by atoms with E-state index in [1.54, 1.807) is 14.2 Å². The molecule has 1 aromatic heterocycles. The minimum Gasteiger partial charge on any atom is -0.496 e. The van der Waals surface area contributed by atoms with E-state index in [2.05, 4.69) is 5.10 Å². The van der Waals surface area contributed by atoms with Crippen LogP contribution in [0, 0.1) is 0 Å². The van der Waals surface area contributed by atoms with Gasteiger partial charge in [-0.2, -0.15) is 0 Å². The number of amides is 1. The van der Waals surface area contributed by atoms with Gasteiger partial charge in [-0.15, -0.1) is 0 Å². The number of benzene rings is 1. The first kappa shape index (κ1) is 16.5. The number of carbonyl (C=O) groups is 1. The number of rotatable bonds is 5. The zero-order chi connectivity index (χ0) is 17.0. The number of nitrogens with zero attached hydrogens (tertiary/aromatic N) is 2. The molecule has 1 amide bonds. The van der Waals surface area contributed by atoms with Gasteiger partial charge in [-0.1, -0.05) is 18.2 Å². The lowest BCUT2D eigenvalue weighted by atomic mass is 10.1. The molecular formula is C16H19N3O4. The Kier molecular flexibility index (Phi) is 5.00. The van der Waals surface area contributed by atoms with E-state index in [1.807, 2.05) is 31.2 Å². The lowest BCUT2D eigenvalue weighted by Gasteiger charge is -2.26. The normalized spacial score (nSPS) is 11.8. The predicted octanol–water partition coefficient (Wildman–Crippen LogP) is 0.765. The fourth-order valence-corrected chi connectivity index (χ4v) is 2.26. The monoisotopic (exact) mass is 317 g/mol. The van der Waals surface area contributed by atoms with Crippen LogP contribution in [0.3, 0.4) is 0 Å². The van der Waals surface area contributed by atoms with Gasteiger partial charge >= 0.3 is 0 Å². The van der Waals surface area contributed by atoms with Crippen LogP contribution < -0.4 is 15.9 Å². The van der Waals surface area contributed by atoms with E-state index in [9.17, 15) is 14.4 Å². The molecule has 0 unspecified atom stereocenters. The van der Waals surface area contributed by atoms with Gasteiger partial charge in [-0.05, 0) is 13.0 Å². The van der Waals surface area contributed by atoms with Gasteiger partial charge in [0.1, 0.15) is 12.3 Å². The molecule has 0 radical (unpaired) electrons. The molecule has 0 aliphatic carbocycles. The van der Waals surface area contributed by atoms with E-state index in [0.717, 1.165) is 22.4 Å². The van der Waals surface area contributed by atoms with Crippen LogP contribution in [-0.2, 0) is 11.3 Å². The maximum absolute atomic E-state index is 12.4. The lowest BCUT2D eigenvalue weighted by molar-refractivity contribution is -0.132. The number of ether oxygens (including phenoxy) is 1. The Labute approximate surface area is 133 Å². The van der Waals surface area contributed by atoms with Gasteiger partial charge in [-0.25, -0.2) is 4.68 Å². The van der Waals surface area contributed by atoms with Gasteiger partial charge in [0.05, 0.1) is 13.2 Å². The van der Waals surface area contributed by atoms with Crippen LogP contribution in [-0.4, -0.2) is 34.7 Å². The summed E-state index contributed by atoms with van der Waals surface area (Å²) in [4.78, 5) is 36.9. The summed E-state index contributed by atoms with van der Waals surface area (Å²) < 4.78 is 6.30. The maximum Gasteiger partial charge on any atom is 0.265 e. The number of methoxy groups -OCH3 is 1. The van der Waals surface area contributed by atoms with Gasteiger partial charge in [0.2, 0.25) is 5.91 Å². The third-order valence-electron chi connectivity index (χ3n) is 3.75. The molecule has 7 nitrogen and oxygen atoms in total. The number of hydrogen-bond donors (Lipinski definition) is 1. The van der Waals surface area contributed by atoms with Crippen molar-refractivity contribution >= 4 is 5.91 Å². The van der Waals surface area contributed by atoms with Gasteiger partial charge in [0.25, 0.3) is 11.1 Å². The predicted molar refractivity (Wildman–Crippen MR) is 85.5 cm³/mol. The Hall–Kier alpha value is -2.83. The largest absolute Gasteiger partial charge is 0.496 e. The molecule has 0 saturated heterocycles. The van der Waals surface area contributed by atoms with Crippen LogP contribution >= 0.6 is 0 Å². The fourth-order valence-electron chi connectivity index (χ4n) is 2.26. The molecule has 1 atom stereocenters. The van der Waals surface area contributed by atoms with Crippen LogP contribution in [0.15, 0.2) is 46.0 Å². The van der Waals surface area contributed by atoms with Crippen LogP contribution in [0.5, 0.6) is 5.75 Å². The first-order valence-electron chi connectivity index (χ1n) is 7.12. The van der Waals surface area contributed by atoms with Crippen LogP contribution in [0.2, 0.25) is 0 Å². The summed E-state index contributed by atoms with van der Waals surface area (Å²) in [5.74, 6) is 0.386. The second kappa shape index (κ2) is 6.95. The second-order valence-corrected chi connectivity index (χ2v) is 5.16. The Morgan fingerprint density at radius 3 is 2.65 bits per heavy atom. The molecule has 1 aromatic carbocycles. The molecule has 0 aliphatic rings. The summed E-state index contributed by atoms with van der Waals surface area (Å²) in [7, 11) is 3.22. The number of carbonyl (C=O) groups excluding carboxylic acids is 1. The quantitative estimate of drug-likeness (QED) is 0.882. The van der Waals surface area contributed by atoms with E-state index in [0.29, 0.717) is 5.75 Å². The van der Waals surface area contributed by atoms with Gasteiger partial charge in [-0.3, -0.25) is 19.5 Å². The van der Waals surface area contributed by atoms with E-state index >= 15 is 0 Å². The molecule has 0 bridgehead atoms. The number of hydrogen-bond acceptors (Lipinski definition) is 4. The van der Waals surface area contributed by atoms with Gasteiger partial charge in [0, 0.05) is 24.7 Å². The molecule has 1 heterocycles. The smallest absolute Gasteiger partial charge is 0.265 e. The summed E-state index contributed by atoms with van der Waals surface area (Å²) in [5, 5.41) is 2.34. The van der Waals surface area contributed by atoms with Gasteiger partial charge in [0.15, 0.2) is 0 Å². The molecule has 2 rings (SSSR count). The highest BCUT2D eigenvalue weighted by molar-refractivity contribution is 5.76. The fraction of sp³-hybridized carbons (Fsp3) is 0.312. The Morgan fingerprint density at radius 2 is 1.96 bits per heavy atom. The molecule has 122 valence electrons. The van der Waals surface area contributed by atoms with E-state index in [1.165, 1.54) is 4.90 Å². The summed E-state index contributed by atoms with van der Waals surface area (Å²) in [5.41, 5.74) is -0.00567. The third kappa shape index (κ3) is 3.68. The van der Waals surface area contributed by atoms with Crippen molar-refractivity contribution < 1.29 is 9.53 Å². The number of aromatic amines is 1. The highest BCUT2D eigenvalue weighted by atomic mass is 16.5. The van der Waals surface area contributed by atoms with Crippen molar-refractivity contribution in [3.05, 3.63) is 62.7 Å². The summed E-state index contributed by atoms with van der Waals surface area (Å²) in [6, 6.07) is 9.44. The Morgan fingerprint density at radius 1 is 1.26 bits per heavy atom. The lowest BCUT2D eigenvalue weighted by Crippen LogP contribution is -2.38. The molecule has 1 N–H and O–H groups in total. The average Bonchev–Trinajstić information content (AvgIpc) is 2.56. The number of likely N-dealkylation sites (N-methyl/N-ethyl adjacent to an activating group) is 1. The van der Waals surface area contributed by atoms with Crippen molar-refractivity contribution in [3.8, 4) is 5.75 Å². The van der Waals surface area contributed by atoms with Crippen molar-refractivity contribution in [1.29, 1.82) is 0 Å². The minimum absolute atomic E-state index is 0.231. The van der Waals surface area contributed by atoms with Gasteiger partial charge < -0.3 is 9.64 Å². The number of H-pyrrole nitrogens is 1. The summed E-state index contributed by atoms with van der Waals surface area (Å²) >= 11 is 0. The Bertz CT molecular complexity index is 809. The molecule has 0 fully saturated rings. The zero-order valence-electron chi connectivity index (χ0n) is 13.3. The second-order valence-electron chi connectivity index (χ2n) is 5.16. The van der Waals surface area contributed by atoms with Crippen LogP contribution in [0.25, 0.3) is 0 Å². The molecule has 23 heavy (non-hydrogen) atoms. The van der Waals surface area contributed by atoms with Crippen molar-refractivity contribution in [2.24, 2.45) is 0 Å². The molecule has 0 aliphatic heterocycles.